The van der Waals surface area contributed by atoms with E-state index in [1.807, 2.05) is 14.1 Å². The van der Waals surface area contributed by atoms with Gasteiger partial charge in [0.05, 0.1) is 31.0 Å². The molecule has 2 aliphatic heterocycles. The first-order valence-corrected chi connectivity index (χ1v) is 8.92. The molecular weight excluding hydrogens is 367 g/mol. The van der Waals surface area contributed by atoms with Crippen LogP contribution in [0.3, 0.4) is 0 Å². The number of amides is 2. The number of Topliss-reactive ketones (excluding diaryl/α,β-unsaturated/α-hetero) is 1. The molecule has 0 radical (unpaired) electrons. The van der Waals surface area contributed by atoms with Crippen molar-refractivity contribution < 1.29 is 23.5 Å². The van der Waals surface area contributed by atoms with Crippen LogP contribution >= 0.6 is 0 Å². The fourth-order valence-corrected chi connectivity index (χ4v) is 3.24. The highest BCUT2D eigenvalue weighted by Crippen LogP contribution is 2.30. The van der Waals surface area contributed by atoms with Gasteiger partial charge >= 0.3 is 6.09 Å². The van der Waals surface area contributed by atoms with Crippen LogP contribution in [0.5, 0.6) is 0 Å². The zero-order valence-corrected chi connectivity index (χ0v) is 16.1. The number of hydrogen-bond acceptors (Lipinski definition) is 6. The predicted octanol–water partition coefficient (Wildman–Crippen LogP) is 1.12. The third-order valence-electron chi connectivity index (χ3n) is 4.50. The average molecular weight is 390 g/mol. The molecule has 3 rings (SSSR count). The molecule has 0 unspecified atom stereocenters. The van der Waals surface area contributed by atoms with E-state index in [-0.39, 0.29) is 31.3 Å². The Morgan fingerprint density at radius 3 is 2.75 bits per heavy atom. The normalized spacial score (nSPS) is 20.7. The fraction of sp³-hybridized carbons (Fsp3) is 0.421. The van der Waals surface area contributed by atoms with E-state index >= 15 is 0 Å². The molecule has 8 nitrogen and oxygen atoms in total. The summed E-state index contributed by atoms with van der Waals surface area (Å²) in [6.07, 6.45) is 0.661. The van der Waals surface area contributed by atoms with Gasteiger partial charge in [0.25, 0.3) is 0 Å². The highest BCUT2D eigenvalue weighted by Gasteiger charge is 2.33. The summed E-state index contributed by atoms with van der Waals surface area (Å²) in [6.45, 7) is 2.24. The molecule has 0 spiro atoms. The van der Waals surface area contributed by atoms with Crippen LogP contribution in [0.4, 0.5) is 20.6 Å². The Hall–Kier alpha value is -3.10. The summed E-state index contributed by atoms with van der Waals surface area (Å²) >= 11 is 0. The van der Waals surface area contributed by atoms with Crippen molar-refractivity contribution in [3.05, 3.63) is 35.8 Å². The highest BCUT2D eigenvalue weighted by atomic mass is 19.1. The van der Waals surface area contributed by atoms with Gasteiger partial charge in [-0.2, -0.15) is 0 Å². The smallest absolute Gasteiger partial charge is 0.414 e. The Morgan fingerprint density at radius 1 is 1.36 bits per heavy atom. The Balaban J connectivity index is 1.72. The van der Waals surface area contributed by atoms with Crippen molar-refractivity contribution in [3.8, 4) is 0 Å². The third kappa shape index (κ3) is 4.24. The second-order valence-electron chi connectivity index (χ2n) is 7.09. The molecule has 2 saturated heterocycles. The number of anilines is 2. The van der Waals surface area contributed by atoms with Crippen LogP contribution in [0, 0.1) is 5.82 Å². The van der Waals surface area contributed by atoms with Crippen molar-refractivity contribution in [2.75, 3.05) is 50.1 Å². The number of carbonyl (C=O) groups is 3. The lowest BCUT2D eigenvalue weighted by molar-refractivity contribution is -0.119. The summed E-state index contributed by atoms with van der Waals surface area (Å²) in [6, 6.07) is 4.44. The van der Waals surface area contributed by atoms with Crippen LogP contribution in [0.25, 0.3) is 0 Å². The van der Waals surface area contributed by atoms with Gasteiger partial charge in [-0.15, -0.1) is 0 Å². The molecule has 9 heteroatoms. The van der Waals surface area contributed by atoms with Gasteiger partial charge in [-0.3, -0.25) is 14.5 Å². The number of hydrogen-bond donors (Lipinski definition) is 1. The molecule has 150 valence electrons. The Bertz CT molecular complexity index is 839. The van der Waals surface area contributed by atoms with Crippen LogP contribution in [-0.4, -0.2) is 69.1 Å². The zero-order chi connectivity index (χ0) is 20.4. The van der Waals surface area contributed by atoms with Crippen molar-refractivity contribution in [1.82, 2.24) is 10.2 Å². The molecule has 1 N–H and O–H groups in total. The molecule has 1 aromatic rings. The molecule has 0 aromatic heterocycles. The lowest BCUT2D eigenvalue weighted by Crippen LogP contribution is -2.33. The Labute approximate surface area is 162 Å². The van der Waals surface area contributed by atoms with Crippen molar-refractivity contribution in [3.63, 3.8) is 0 Å². The number of benzene rings is 1. The van der Waals surface area contributed by atoms with E-state index < -0.39 is 18.0 Å². The van der Waals surface area contributed by atoms with E-state index in [9.17, 15) is 18.8 Å². The van der Waals surface area contributed by atoms with E-state index in [4.69, 9.17) is 4.74 Å². The number of ketones is 1. The Morgan fingerprint density at radius 2 is 2.11 bits per heavy atom. The maximum absolute atomic E-state index is 14.7. The van der Waals surface area contributed by atoms with E-state index in [0.29, 0.717) is 23.5 Å². The summed E-state index contributed by atoms with van der Waals surface area (Å²) in [5.41, 5.74) is 1.30. The molecule has 1 aromatic carbocycles. The quantitative estimate of drug-likeness (QED) is 0.759. The zero-order valence-electron chi connectivity index (χ0n) is 16.1. The second kappa shape index (κ2) is 7.87. The van der Waals surface area contributed by atoms with Crippen LogP contribution in [-0.2, 0) is 14.3 Å². The molecule has 0 bridgehead atoms. The largest absolute Gasteiger partial charge is 0.442 e. The van der Waals surface area contributed by atoms with Crippen molar-refractivity contribution in [1.29, 1.82) is 0 Å². The number of carbonyl (C=O) groups excluding carboxylic acids is 3. The molecule has 0 saturated carbocycles. The van der Waals surface area contributed by atoms with Crippen LogP contribution in [0.15, 0.2) is 30.0 Å². The monoisotopic (exact) mass is 390 g/mol. The average Bonchev–Trinajstić information content (AvgIpc) is 3.15. The molecule has 28 heavy (non-hydrogen) atoms. The molecule has 0 aliphatic carbocycles. The lowest BCUT2D eigenvalue weighted by atomic mass is 10.2. The van der Waals surface area contributed by atoms with Gasteiger partial charge in [-0.1, -0.05) is 0 Å². The summed E-state index contributed by atoms with van der Waals surface area (Å²) in [5.74, 6) is -0.775. The van der Waals surface area contributed by atoms with Crippen molar-refractivity contribution in [2.24, 2.45) is 0 Å². The van der Waals surface area contributed by atoms with E-state index in [2.05, 4.69) is 5.32 Å². The standard InChI is InChI=1S/C19H23FN4O4/c1-12(25)21-7-15-10-24(19(27)28-15)14-4-5-17(16(20)6-14)23-9-13(8-22(2)3)18(26)11-23/h4-6,8,15H,7,9-11H2,1-3H3,(H,21,25)/t15-/m0/s1. The Kier molecular flexibility index (Phi) is 5.53. The van der Waals surface area contributed by atoms with E-state index in [0.717, 1.165) is 0 Å². The van der Waals surface area contributed by atoms with Crippen LogP contribution in [0.1, 0.15) is 6.92 Å². The molecule has 2 fully saturated rings. The maximum Gasteiger partial charge on any atom is 0.414 e. The fourth-order valence-electron chi connectivity index (χ4n) is 3.24. The lowest BCUT2D eigenvalue weighted by Gasteiger charge is -2.20. The second-order valence-corrected chi connectivity index (χ2v) is 7.09. The first kappa shape index (κ1) is 19.7. The molecule has 2 aliphatic rings. The summed E-state index contributed by atoms with van der Waals surface area (Å²) in [5, 5.41) is 2.60. The van der Waals surface area contributed by atoms with Gasteiger partial charge in [0.2, 0.25) is 5.91 Å². The van der Waals surface area contributed by atoms with Crippen molar-refractivity contribution >= 4 is 29.2 Å². The SMILES string of the molecule is CC(=O)NC[C@H]1CN(c2ccc(N3CC(=O)C(=CN(C)C)C3)c(F)c2)C(=O)O1. The highest BCUT2D eigenvalue weighted by molar-refractivity contribution is 6.02. The van der Waals surface area contributed by atoms with Crippen molar-refractivity contribution in [2.45, 2.75) is 13.0 Å². The first-order valence-electron chi connectivity index (χ1n) is 8.92. The number of cyclic esters (lactones) is 1. The molecule has 1 atom stereocenters. The summed E-state index contributed by atoms with van der Waals surface area (Å²) in [7, 11) is 3.65. The molecular formula is C19H23FN4O4. The van der Waals surface area contributed by atoms with Gasteiger partial charge in [0, 0.05) is 39.3 Å². The van der Waals surface area contributed by atoms with Crippen LogP contribution < -0.4 is 15.1 Å². The van der Waals surface area contributed by atoms with Gasteiger partial charge in [0.15, 0.2) is 5.78 Å². The number of halogens is 1. The minimum atomic E-state index is -0.588. The van der Waals surface area contributed by atoms with Gasteiger partial charge in [-0.25, -0.2) is 9.18 Å². The number of nitrogens with zero attached hydrogens (tertiary/aromatic N) is 3. The number of rotatable bonds is 5. The molecule has 2 amide bonds. The minimum Gasteiger partial charge on any atom is -0.442 e. The van der Waals surface area contributed by atoms with Crippen LogP contribution in [0.2, 0.25) is 0 Å². The topological polar surface area (TPSA) is 82.2 Å². The third-order valence-corrected chi connectivity index (χ3v) is 4.50. The summed E-state index contributed by atoms with van der Waals surface area (Å²) in [4.78, 5) is 40.0. The van der Waals surface area contributed by atoms with E-state index in [1.54, 1.807) is 28.1 Å². The van der Waals surface area contributed by atoms with Gasteiger partial charge in [-0.05, 0) is 18.2 Å². The maximum atomic E-state index is 14.7. The summed E-state index contributed by atoms with van der Waals surface area (Å²) < 4.78 is 19.9. The number of nitrogens with one attached hydrogen (secondary N) is 1. The first-order chi connectivity index (χ1) is 13.2. The molecule has 2 heterocycles. The van der Waals surface area contributed by atoms with Gasteiger partial charge in [0.1, 0.15) is 11.9 Å². The minimum absolute atomic E-state index is 0.0406. The van der Waals surface area contributed by atoms with E-state index in [1.165, 1.54) is 17.9 Å². The predicted molar refractivity (Wildman–Crippen MR) is 102 cm³/mol. The van der Waals surface area contributed by atoms with Gasteiger partial charge < -0.3 is 19.9 Å². The number of ether oxygens (including phenoxy) is 1.